The van der Waals surface area contributed by atoms with Crippen LogP contribution in [-0.2, 0) is 9.47 Å². The molecule has 4 heteroatoms. The van der Waals surface area contributed by atoms with Crippen LogP contribution in [0.15, 0.2) is 0 Å². The first kappa shape index (κ1) is 14.9. The molecule has 3 unspecified atom stereocenters. The van der Waals surface area contributed by atoms with Gasteiger partial charge in [0.05, 0.1) is 24.4 Å². The summed E-state index contributed by atoms with van der Waals surface area (Å²) in [4.78, 5) is 0. The number of hydrogen-bond donors (Lipinski definition) is 2. The number of methoxy groups -OCH3 is 1. The number of nitrogens with one attached hydrogen (secondary N) is 1. The fraction of sp³-hybridized carbons (Fsp3) is 1.00. The van der Waals surface area contributed by atoms with Gasteiger partial charge in [-0.1, -0.05) is 0 Å². The third kappa shape index (κ3) is 6.36. The summed E-state index contributed by atoms with van der Waals surface area (Å²) in [6.07, 6.45) is 4.28. The predicted molar refractivity (Wildman–Crippen MR) is 68.2 cm³/mol. The van der Waals surface area contributed by atoms with Gasteiger partial charge in [0.25, 0.3) is 0 Å². The highest BCUT2D eigenvalue weighted by Gasteiger charge is 2.30. The molecule has 0 radical (unpaired) electrons. The first-order valence-corrected chi connectivity index (χ1v) is 6.61. The molecule has 4 nitrogen and oxygen atoms in total. The molecular formula is C13H27NO3. The van der Waals surface area contributed by atoms with Gasteiger partial charge >= 0.3 is 0 Å². The molecule has 2 N–H and O–H groups in total. The molecular weight excluding hydrogens is 218 g/mol. The minimum atomic E-state index is -0.630. The second kappa shape index (κ2) is 7.31. The molecule has 0 bridgehead atoms. The summed E-state index contributed by atoms with van der Waals surface area (Å²) >= 11 is 0. The van der Waals surface area contributed by atoms with Gasteiger partial charge in [-0.2, -0.15) is 0 Å². The van der Waals surface area contributed by atoms with E-state index in [1.807, 2.05) is 6.92 Å². The maximum absolute atomic E-state index is 10.3. The molecule has 1 rings (SSSR count). The van der Waals surface area contributed by atoms with E-state index in [1.165, 1.54) is 0 Å². The Morgan fingerprint density at radius 3 is 2.76 bits per heavy atom. The third-order valence-electron chi connectivity index (χ3n) is 3.31. The fourth-order valence-electron chi connectivity index (χ4n) is 2.28. The SMILES string of the molecule is COCCNCCC(C)(O)CC1CCC(C)O1. The summed E-state index contributed by atoms with van der Waals surface area (Å²) in [7, 11) is 1.69. The van der Waals surface area contributed by atoms with E-state index in [2.05, 4.69) is 12.2 Å². The second-order valence-corrected chi connectivity index (χ2v) is 5.34. The van der Waals surface area contributed by atoms with Crippen LogP contribution in [0, 0.1) is 0 Å². The lowest BCUT2D eigenvalue weighted by atomic mass is 9.93. The number of aliphatic hydroxyl groups is 1. The standard InChI is InChI=1S/C13H27NO3/c1-11-4-5-12(17-11)10-13(2,15)6-7-14-8-9-16-3/h11-12,14-15H,4-10H2,1-3H3. The summed E-state index contributed by atoms with van der Waals surface area (Å²) in [5.41, 5.74) is -0.630. The Morgan fingerprint density at radius 2 is 2.18 bits per heavy atom. The molecule has 1 fully saturated rings. The molecule has 102 valence electrons. The predicted octanol–water partition coefficient (Wildman–Crippen LogP) is 1.32. The average Bonchev–Trinajstić information content (AvgIpc) is 2.62. The number of ether oxygens (including phenoxy) is 2. The molecule has 1 saturated heterocycles. The van der Waals surface area contributed by atoms with Crippen LogP contribution in [0.2, 0.25) is 0 Å². The maximum Gasteiger partial charge on any atom is 0.0656 e. The normalized spacial score (nSPS) is 28.2. The summed E-state index contributed by atoms with van der Waals surface area (Å²) in [6, 6.07) is 0. The lowest BCUT2D eigenvalue weighted by molar-refractivity contribution is -0.0277. The third-order valence-corrected chi connectivity index (χ3v) is 3.31. The van der Waals surface area contributed by atoms with Crippen LogP contribution < -0.4 is 5.32 Å². The quantitative estimate of drug-likeness (QED) is 0.633. The Bertz CT molecular complexity index is 209. The zero-order valence-corrected chi connectivity index (χ0v) is 11.4. The van der Waals surface area contributed by atoms with E-state index in [0.717, 1.165) is 38.8 Å². The van der Waals surface area contributed by atoms with Crippen LogP contribution in [0.1, 0.15) is 39.5 Å². The molecule has 0 amide bonds. The zero-order valence-electron chi connectivity index (χ0n) is 11.4. The Labute approximate surface area is 105 Å². The lowest BCUT2D eigenvalue weighted by Crippen LogP contribution is -2.34. The van der Waals surface area contributed by atoms with Gasteiger partial charge in [0.15, 0.2) is 0 Å². The Morgan fingerprint density at radius 1 is 1.41 bits per heavy atom. The fourth-order valence-corrected chi connectivity index (χ4v) is 2.28. The second-order valence-electron chi connectivity index (χ2n) is 5.34. The molecule has 17 heavy (non-hydrogen) atoms. The van der Waals surface area contributed by atoms with E-state index in [9.17, 15) is 5.11 Å². The lowest BCUT2D eigenvalue weighted by Gasteiger charge is -2.26. The molecule has 0 aromatic heterocycles. The van der Waals surface area contributed by atoms with Crippen LogP contribution >= 0.6 is 0 Å². The van der Waals surface area contributed by atoms with E-state index < -0.39 is 5.60 Å². The van der Waals surface area contributed by atoms with E-state index in [0.29, 0.717) is 12.7 Å². The van der Waals surface area contributed by atoms with E-state index in [1.54, 1.807) is 7.11 Å². The van der Waals surface area contributed by atoms with Crippen molar-refractivity contribution in [1.82, 2.24) is 5.32 Å². The summed E-state index contributed by atoms with van der Waals surface area (Å²) in [5, 5.41) is 13.5. The summed E-state index contributed by atoms with van der Waals surface area (Å²) < 4.78 is 10.7. The van der Waals surface area contributed by atoms with Gasteiger partial charge in [-0.3, -0.25) is 0 Å². The Balaban J connectivity index is 2.12. The van der Waals surface area contributed by atoms with Crippen molar-refractivity contribution in [3.05, 3.63) is 0 Å². The van der Waals surface area contributed by atoms with Crippen molar-refractivity contribution >= 4 is 0 Å². The van der Waals surface area contributed by atoms with E-state index in [4.69, 9.17) is 9.47 Å². The molecule has 0 spiro atoms. The van der Waals surface area contributed by atoms with Crippen LogP contribution in [-0.4, -0.2) is 49.7 Å². The monoisotopic (exact) mass is 245 g/mol. The molecule has 1 aliphatic heterocycles. The van der Waals surface area contributed by atoms with Gasteiger partial charge < -0.3 is 19.9 Å². The van der Waals surface area contributed by atoms with E-state index >= 15 is 0 Å². The molecule has 3 atom stereocenters. The Kier molecular flexibility index (Phi) is 6.41. The number of rotatable bonds is 8. The highest BCUT2D eigenvalue weighted by molar-refractivity contribution is 4.81. The molecule has 1 aliphatic rings. The van der Waals surface area contributed by atoms with Gasteiger partial charge in [-0.15, -0.1) is 0 Å². The largest absolute Gasteiger partial charge is 0.390 e. The van der Waals surface area contributed by atoms with Gasteiger partial charge in [0.1, 0.15) is 0 Å². The van der Waals surface area contributed by atoms with Gasteiger partial charge in [0.2, 0.25) is 0 Å². The Hall–Kier alpha value is -0.160. The van der Waals surface area contributed by atoms with Crippen LogP contribution in [0.5, 0.6) is 0 Å². The van der Waals surface area contributed by atoms with Crippen molar-refractivity contribution in [3.63, 3.8) is 0 Å². The molecule has 1 heterocycles. The van der Waals surface area contributed by atoms with Gasteiger partial charge in [-0.25, -0.2) is 0 Å². The first-order chi connectivity index (χ1) is 8.03. The van der Waals surface area contributed by atoms with Crippen LogP contribution in [0.4, 0.5) is 0 Å². The van der Waals surface area contributed by atoms with Crippen molar-refractivity contribution in [2.75, 3.05) is 26.8 Å². The summed E-state index contributed by atoms with van der Waals surface area (Å²) in [6.45, 7) is 6.37. The minimum Gasteiger partial charge on any atom is -0.390 e. The highest BCUT2D eigenvalue weighted by Crippen LogP contribution is 2.27. The van der Waals surface area contributed by atoms with Crippen molar-refractivity contribution in [1.29, 1.82) is 0 Å². The van der Waals surface area contributed by atoms with Gasteiger partial charge in [0, 0.05) is 20.1 Å². The van der Waals surface area contributed by atoms with Crippen molar-refractivity contribution in [2.24, 2.45) is 0 Å². The first-order valence-electron chi connectivity index (χ1n) is 6.61. The molecule has 0 aliphatic carbocycles. The smallest absolute Gasteiger partial charge is 0.0656 e. The maximum atomic E-state index is 10.3. The molecule has 0 aromatic carbocycles. The van der Waals surface area contributed by atoms with Crippen molar-refractivity contribution in [2.45, 2.75) is 57.3 Å². The average molecular weight is 245 g/mol. The molecule has 0 saturated carbocycles. The highest BCUT2D eigenvalue weighted by atomic mass is 16.5. The van der Waals surface area contributed by atoms with Crippen molar-refractivity contribution < 1.29 is 14.6 Å². The molecule has 0 aromatic rings. The zero-order chi connectivity index (χ0) is 12.7. The number of hydrogen-bond acceptors (Lipinski definition) is 4. The summed E-state index contributed by atoms with van der Waals surface area (Å²) in [5.74, 6) is 0. The van der Waals surface area contributed by atoms with E-state index in [-0.39, 0.29) is 6.10 Å². The van der Waals surface area contributed by atoms with Crippen molar-refractivity contribution in [3.8, 4) is 0 Å². The topological polar surface area (TPSA) is 50.7 Å². The van der Waals surface area contributed by atoms with Crippen LogP contribution in [0.3, 0.4) is 0 Å². The van der Waals surface area contributed by atoms with Crippen LogP contribution in [0.25, 0.3) is 0 Å². The van der Waals surface area contributed by atoms with Gasteiger partial charge in [-0.05, 0) is 39.7 Å². The minimum absolute atomic E-state index is 0.235.